The molecule has 2 aromatic carbocycles. The normalized spacial score (nSPS) is 24.7. The number of aromatic hydroxyl groups is 1. The van der Waals surface area contributed by atoms with Gasteiger partial charge in [-0.2, -0.15) is 0 Å². The number of aryl methyl sites for hydroxylation is 1. The molecular formula is C52H78N2O9. The number of hydrogen-bond donors (Lipinski definition) is 10. The molecule has 1 saturated heterocycles. The fourth-order valence-electron chi connectivity index (χ4n) is 9.56. The minimum absolute atomic E-state index is 0.0374. The van der Waals surface area contributed by atoms with Gasteiger partial charge in [-0.15, -0.1) is 0 Å². The van der Waals surface area contributed by atoms with E-state index in [1.807, 2.05) is 56.3 Å². The molecule has 0 aliphatic carbocycles. The number of aliphatic hydroxyl groups excluding tert-OH is 5. The number of phenols is 1. The molecule has 0 saturated carbocycles. The van der Waals surface area contributed by atoms with Crippen molar-refractivity contribution in [2.24, 2.45) is 11.8 Å². The Kier molecular flexibility index (Phi) is 21.3. The van der Waals surface area contributed by atoms with Gasteiger partial charge in [0.15, 0.2) is 0 Å². The fraction of sp³-hybridized carbons (Fsp3) is 0.635. The molecule has 11 heteroatoms. The molecule has 2 heterocycles. The van der Waals surface area contributed by atoms with Crippen LogP contribution in [-0.4, -0.2) is 108 Å². The van der Waals surface area contributed by atoms with Crippen LogP contribution in [-0.2, 0) is 11.2 Å². The average Bonchev–Trinajstić information content (AvgIpc) is 3.43. The summed E-state index contributed by atoms with van der Waals surface area (Å²) in [5.74, 6) is 5.69. The van der Waals surface area contributed by atoms with Crippen molar-refractivity contribution >= 4 is 5.97 Å². The number of carbonyl (C=O) groups is 1. The number of carboxylic acids is 1. The van der Waals surface area contributed by atoms with Crippen LogP contribution in [0.4, 0.5) is 0 Å². The van der Waals surface area contributed by atoms with Crippen LogP contribution < -0.4 is 10.6 Å². The highest BCUT2D eigenvalue weighted by atomic mass is 16.4. The zero-order valence-electron chi connectivity index (χ0n) is 38.4. The summed E-state index contributed by atoms with van der Waals surface area (Å²) in [7, 11) is 0. The van der Waals surface area contributed by atoms with Gasteiger partial charge >= 0.3 is 5.97 Å². The molecule has 63 heavy (non-hydrogen) atoms. The maximum absolute atomic E-state index is 13.1. The monoisotopic (exact) mass is 875 g/mol. The van der Waals surface area contributed by atoms with Gasteiger partial charge < -0.3 is 51.5 Å². The van der Waals surface area contributed by atoms with E-state index in [1.54, 1.807) is 18.2 Å². The summed E-state index contributed by atoms with van der Waals surface area (Å²) in [6, 6.07) is 13.2. The van der Waals surface area contributed by atoms with Crippen molar-refractivity contribution in [2.75, 3.05) is 6.61 Å². The molecule has 1 fully saturated rings. The Balaban J connectivity index is 1.94. The number of aliphatic carboxylic acids is 1. The van der Waals surface area contributed by atoms with Crippen molar-refractivity contribution in [2.45, 2.75) is 191 Å². The Hall–Kier alpha value is -3.57. The van der Waals surface area contributed by atoms with E-state index in [2.05, 4.69) is 43.2 Å². The zero-order valence-corrected chi connectivity index (χ0v) is 38.4. The summed E-state index contributed by atoms with van der Waals surface area (Å²) in [6.07, 6.45) is 6.84. The van der Waals surface area contributed by atoms with Crippen LogP contribution in [0.2, 0.25) is 0 Å². The summed E-state index contributed by atoms with van der Waals surface area (Å²) in [5.41, 5.74) is 2.78. The van der Waals surface area contributed by atoms with Gasteiger partial charge in [-0.25, -0.2) is 0 Å². The lowest BCUT2D eigenvalue weighted by atomic mass is 9.73. The topological polar surface area (TPSA) is 203 Å². The summed E-state index contributed by atoms with van der Waals surface area (Å²) in [6.45, 7) is 9.67. The van der Waals surface area contributed by atoms with Crippen LogP contribution in [0, 0.1) is 23.7 Å². The Bertz CT molecular complexity index is 1820. The lowest BCUT2D eigenvalue weighted by Crippen LogP contribution is -2.56. The summed E-state index contributed by atoms with van der Waals surface area (Å²) >= 11 is 0. The first-order valence-corrected chi connectivity index (χ1v) is 23.6. The lowest BCUT2D eigenvalue weighted by molar-refractivity contribution is -0.138. The molecule has 2 aliphatic heterocycles. The largest absolute Gasteiger partial charge is 0.508 e. The van der Waals surface area contributed by atoms with E-state index in [4.69, 9.17) is 0 Å². The first kappa shape index (κ1) is 52.1. The number of allylic oxidation sites excluding steroid dienone is 2. The van der Waals surface area contributed by atoms with E-state index in [0.29, 0.717) is 44.4 Å². The van der Waals surface area contributed by atoms with Crippen molar-refractivity contribution in [3.63, 3.8) is 0 Å². The van der Waals surface area contributed by atoms with Crippen molar-refractivity contribution < 1.29 is 45.6 Å². The Morgan fingerprint density at radius 3 is 2.38 bits per heavy atom. The van der Waals surface area contributed by atoms with E-state index in [9.17, 15) is 45.6 Å². The summed E-state index contributed by atoms with van der Waals surface area (Å²) < 4.78 is 0. The second kappa shape index (κ2) is 25.8. The van der Waals surface area contributed by atoms with Gasteiger partial charge in [0.2, 0.25) is 0 Å². The molecule has 11 nitrogen and oxygen atoms in total. The predicted molar refractivity (Wildman–Crippen MR) is 249 cm³/mol. The second-order valence-corrected chi connectivity index (χ2v) is 19.0. The van der Waals surface area contributed by atoms with Crippen LogP contribution >= 0.6 is 0 Å². The van der Waals surface area contributed by atoms with Crippen LogP contribution in [0.1, 0.15) is 147 Å². The molecule has 11 unspecified atom stereocenters. The fourth-order valence-corrected chi connectivity index (χ4v) is 9.56. The number of phenolic OH excluding ortho intramolecular Hbond substituents is 1. The molecule has 0 amide bonds. The molecule has 0 aromatic heterocycles. The molecular weight excluding hydrogens is 797 g/mol. The van der Waals surface area contributed by atoms with Crippen molar-refractivity contribution in [3.8, 4) is 17.6 Å². The Labute approximate surface area is 376 Å². The van der Waals surface area contributed by atoms with Gasteiger partial charge in [0.1, 0.15) is 5.75 Å². The molecule has 0 bridgehead atoms. The number of nitrogens with one attached hydrogen (secondary N) is 2. The number of unbranched alkanes of at least 4 members (excludes halogenated alkanes) is 1. The predicted octanol–water partition coefficient (Wildman–Crippen LogP) is 6.65. The lowest BCUT2D eigenvalue weighted by Gasteiger charge is -2.43. The van der Waals surface area contributed by atoms with E-state index in [-0.39, 0.29) is 43.4 Å². The molecule has 2 aliphatic rings. The quantitative estimate of drug-likeness (QED) is 0.0602. The van der Waals surface area contributed by atoms with Gasteiger partial charge in [-0.05, 0) is 124 Å². The number of fused-ring (bicyclic) bond motifs is 1. The minimum atomic E-state index is -1.44. The number of rotatable bonds is 21. The van der Waals surface area contributed by atoms with Crippen molar-refractivity contribution in [1.82, 2.24) is 10.6 Å². The third-order valence-corrected chi connectivity index (χ3v) is 13.4. The number of carboxylic acid groups (broad SMARTS) is 1. The molecule has 2 aromatic rings. The molecule has 11 atom stereocenters. The Morgan fingerprint density at radius 1 is 0.968 bits per heavy atom. The highest BCUT2D eigenvalue weighted by Gasteiger charge is 2.42. The van der Waals surface area contributed by atoms with E-state index >= 15 is 0 Å². The first-order valence-electron chi connectivity index (χ1n) is 23.6. The maximum atomic E-state index is 13.1. The maximum Gasteiger partial charge on any atom is 0.303 e. The van der Waals surface area contributed by atoms with Gasteiger partial charge in [-0.1, -0.05) is 101 Å². The van der Waals surface area contributed by atoms with E-state index < -0.39 is 66.6 Å². The molecule has 10 N–H and O–H groups in total. The van der Waals surface area contributed by atoms with E-state index in [1.165, 1.54) is 0 Å². The highest BCUT2D eigenvalue weighted by Crippen LogP contribution is 2.39. The smallest absolute Gasteiger partial charge is 0.303 e. The van der Waals surface area contributed by atoms with Gasteiger partial charge in [0.05, 0.1) is 36.6 Å². The van der Waals surface area contributed by atoms with Crippen molar-refractivity contribution in [1.29, 1.82) is 0 Å². The van der Waals surface area contributed by atoms with Crippen LogP contribution in [0.15, 0.2) is 71.8 Å². The summed E-state index contributed by atoms with van der Waals surface area (Å²) in [5, 5.41) is 96.4. The second-order valence-electron chi connectivity index (χ2n) is 19.0. The molecule has 0 spiro atoms. The van der Waals surface area contributed by atoms with Crippen LogP contribution in [0.25, 0.3) is 0 Å². The van der Waals surface area contributed by atoms with Crippen LogP contribution in [0.3, 0.4) is 0 Å². The van der Waals surface area contributed by atoms with Crippen molar-refractivity contribution in [3.05, 3.63) is 88.5 Å². The van der Waals surface area contributed by atoms with E-state index in [0.717, 1.165) is 59.9 Å². The number of hydrogen-bond acceptors (Lipinski definition) is 10. The van der Waals surface area contributed by atoms with Gasteiger partial charge in [0, 0.05) is 48.5 Å². The number of aliphatic hydroxyl groups is 6. The third-order valence-electron chi connectivity index (χ3n) is 13.4. The molecule has 0 radical (unpaired) electrons. The standard InChI is InChI=1S/C52H78N2O9/c1-6-7-17-46(58)47(59)29-24-38-21-20-37-14-9-8-13-36(37)15-11-18-49(52(5,63)44(27-19-34(2)3)39-22-25-41(56)26-23-39)54-45(43(38)32-42(57)33-55)28-30-48(60)51-40(31-50(61)62)16-10-12-35(4)53-51/h8-9,13-14,22-26,29,34-35,40,42,44-49,51,53-60,63H,6-7,10,12,16-21,27-28,30-33H2,1-5H3,(H,61,62). The first-order chi connectivity index (χ1) is 30.0. The number of benzene rings is 2. The molecule has 4 rings (SSSR count). The zero-order chi connectivity index (χ0) is 46.1. The molecule has 350 valence electrons. The average molecular weight is 875 g/mol. The summed E-state index contributed by atoms with van der Waals surface area (Å²) in [4.78, 5) is 12.0. The van der Waals surface area contributed by atoms with Gasteiger partial charge in [-0.3, -0.25) is 4.79 Å². The highest BCUT2D eigenvalue weighted by molar-refractivity contribution is 5.67. The van der Waals surface area contributed by atoms with Gasteiger partial charge in [0.25, 0.3) is 0 Å². The Morgan fingerprint density at radius 2 is 1.70 bits per heavy atom. The minimum Gasteiger partial charge on any atom is -0.508 e. The SMILES string of the molecule is CCCCC(O)C(O)C=CC1=C(CC(O)CO)C(CCC(O)C2NC(C)CCCC2CC(=O)O)NC(C(C)(O)C(CCC(C)C)c2ccc(O)cc2)CC#Cc2ccccc2CC1. The van der Waals surface area contributed by atoms with Crippen LogP contribution in [0.5, 0.6) is 5.75 Å². The third kappa shape index (κ3) is 16.1.